The van der Waals surface area contributed by atoms with Crippen LogP contribution in [0.1, 0.15) is 0 Å². The molecule has 0 aliphatic heterocycles. The molecule has 0 saturated heterocycles. The summed E-state index contributed by atoms with van der Waals surface area (Å²) in [5, 5.41) is 0.885. The molecule has 104 valence electrons. The van der Waals surface area contributed by atoms with E-state index < -0.39 is 0 Å². The average Bonchev–Trinajstić information content (AvgIpc) is 2.85. The highest BCUT2D eigenvalue weighted by Gasteiger charge is 2.11. The Hall–Kier alpha value is -2.34. The van der Waals surface area contributed by atoms with Crippen LogP contribution in [0.2, 0.25) is 0 Å². The van der Waals surface area contributed by atoms with Crippen molar-refractivity contribution in [1.82, 2.24) is 14.5 Å². The van der Waals surface area contributed by atoms with E-state index in [4.69, 9.17) is 9.47 Å². The van der Waals surface area contributed by atoms with Crippen molar-refractivity contribution in [2.75, 3.05) is 20.8 Å². The molecule has 2 heterocycles. The van der Waals surface area contributed by atoms with Crippen LogP contribution < -0.4 is 10.3 Å². The standard InChI is InChI=1S/C14H15N3O3/c1-19-6-5-17-8-15-12-10-7-9(20-2)3-4-11(10)16-13(12)14(17)18/h3-4,7-8,16H,5-6H2,1-2H3. The Morgan fingerprint density at radius 1 is 1.35 bits per heavy atom. The zero-order valence-electron chi connectivity index (χ0n) is 11.3. The number of ether oxygens (including phenoxy) is 2. The summed E-state index contributed by atoms with van der Waals surface area (Å²) in [4.78, 5) is 19.9. The minimum atomic E-state index is -0.0952. The lowest BCUT2D eigenvalue weighted by atomic mass is 10.2. The molecule has 0 amide bonds. The minimum Gasteiger partial charge on any atom is -0.497 e. The van der Waals surface area contributed by atoms with E-state index in [0.717, 1.165) is 16.7 Å². The number of hydrogen-bond acceptors (Lipinski definition) is 4. The van der Waals surface area contributed by atoms with Gasteiger partial charge in [0.25, 0.3) is 5.56 Å². The Morgan fingerprint density at radius 2 is 2.20 bits per heavy atom. The third-order valence-corrected chi connectivity index (χ3v) is 3.32. The highest BCUT2D eigenvalue weighted by molar-refractivity contribution is 6.04. The smallest absolute Gasteiger partial charge is 0.277 e. The molecule has 6 heteroatoms. The number of aromatic amines is 1. The van der Waals surface area contributed by atoms with Crippen LogP contribution in [-0.2, 0) is 11.3 Å². The predicted octanol–water partition coefficient (Wildman–Crippen LogP) is 1.53. The molecule has 0 bridgehead atoms. The maximum atomic E-state index is 12.4. The van der Waals surface area contributed by atoms with Gasteiger partial charge in [0.2, 0.25) is 0 Å². The number of rotatable bonds is 4. The van der Waals surface area contributed by atoms with E-state index >= 15 is 0 Å². The second kappa shape index (κ2) is 4.97. The van der Waals surface area contributed by atoms with Gasteiger partial charge < -0.3 is 14.5 Å². The zero-order valence-corrected chi connectivity index (χ0v) is 11.3. The third kappa shape index (κ3) is 1.94. The molecule has 0 fully saturated rings. The summed E-state index contributed by atoms with van der Waals surface area (Å²) in [6.45, 7) is 0.956. The summed E-state index contributed by atoms with van der Waals surface area (Å²) in [5.41, 5.74) is 1.95. The molecule has 0 aliphatic carbocycles. The summed E-state index contributed by atoms with van der Waals surface area (Å²) < 4.78 is 11.7. The number of fused-ring (bicyclic) bond motifs is 3. The number of H-pyrrole nitrogens is 1. The van der Waals surface area contributed by atoms with Crippen LogP contribution in [0.4, 0.5) is 0 Å². The maximum absolute atomic E-state index is 12.4. The molecule has 1 aromatic carbocycles. The lowest BCUT2D eigenvalue weighted by molar-refractivity contribution is 0.186. The van der Waals surface area contributed by atoms with Gasteiger partial charge >= 0.3 is 0 Å². The first-order chi connectivity index (χ1) is 9.74. The Kier molecular flexibility index (Phi) is 3.15. The van der Waals surface area contributed by atoms with Gasteiger partial charge in [0, 0.05) is 18.0 Å². The molecular weight excluding hydrogens is 258 g/mol. The molecule has 0 atom stereocenters. The van der Waals surface area contributed by atoms with Crippen LogP contribution in [-0.4, -0.2) is 35.4 Å². The molecule has 0 spiro atoms. The van der Waals surface area contributed by atoms with Crippen molar-refractivity contribution in [2.45, 2.75) is 6.54 Å². The Morgan fingerprint density at radius 3 is 2.95 bits per heavy atom. The first-order valence-electron chi connectivity index (χ1n) is 6.28. The van der Waals surface area contributed by atoms with E-state index in [-0.39, 0.29) is 5.56 Å². The van der Waals surface area contributed by atoms with Gasteiger partial charge in [-0.15, -0.1) is 0 Å². The Labute approximate surface area is 115 Å². The number of nitrogens with zero attached hydrogens (tertiary/aromatic N) is 2. The number of benzene rings is 1. The molecule has 6 nitrogen and oxygen atoms in total. The summed E-state index contributed by atoms with van der Waals surface area (Å²) in [6, 6.07) is 5.61. The number of hydrogen-bond donors (Lipinski definition) is 1. The molecule has 3 aromatic rings. The number of aromatic nitrogens is 3. The topological polar surface area (TPSA) is 69.1 Å². The molecule has 0 aliphatic rings. The van der Waals surface area contributed by atoms with Gasteiger partial charge in [-0.05, 0) is 18.2 Å². The van der Waals surface area contributed by atoms with Crippen molar-refractivity contribution in [3.63, 3.8) is 0 Å². The van der Waals surface area contributed by atoms with E-state index in [0.29, 0.717) is 24.2 Å². The summed E-state index contributed by atoms with van der Waals surface area (Å²) in [5.74, 6) is 0.740. The van der Waals surface area contributed by atoms with Crippen molar-refractivity contribution in [1.29, 1.82) is 0 Å². The first kappa shape index (κ1) is 12.7. The second-order valence-electron chi connectivity index (χ2n) is 4.50. The number of nitrogens with one attached hydrogen (secondary N) is 1. The van der Waals surface area contributed by atoms with Gasteiger partial charge in [0.05, 0.1) is 26.6 Å². The molecule has 0 saturated carbocycles. The molecule has 0 radical (unpaired) electrons. The minimum absolute atomic E-state index is 0.0952. The number of methoxy groups -OCH3 is 2. The van der Waals surface area contributed by atoms with Crippen LogP contribution in [0.3, 0.4) is 0 Å². The van der Waals surface area contributed by atoms with E-state index in [1.807, 2.05) is 18.2 Å². The largest absolute Gasteiger partial charge is 0.497 e. The molecule has 3 rings (SSSR count). The Balaban J connectivity index is 2.23. The van der Waals surface area contributed by atoms with E-state index in [2.05, 4.69) is 9.97 Å². The van der Waals surface area contributed by atoms with Crippen molar-refractivity contribution in [2.24, 2.45) is 0 Å². The van der Waals surface area contributed by atoms with Crippen molar-refractivity contribution >= 4 is 21.9 Å². The van der Waals surface area contributed by atoms with Crippen LogP contribution >= 0.6 is 0 Å². The lowest BCUT2D eigenvalue weighted by Gasteiger charge is -2.03. The molecular formula is C14H15N3O3. The molecule has 1 N–H and O–H groups in total. The highest BCUT2D eigenvalue weighted by Crippen LogP contribution is 2.25. The van der Waals surface area contributed by atoms with Crippen molar-refractivity contribution < 1.29 is 9.47 Å². The van der Waals surface area contributed by atoms with Gasteiger partial charge in [-0.1, -0.05) is 0 Å². The van der Waals surface area contributed by atoms with Gasteiger partial charge in [-0.2, -0.15) is 0 Å². The predicted molar refractivity (Wildman–Crippen MR) is 76.3 cm³/mol. The maximum Gasteiger partial charge on any atom is 0.277 e. The van der Waals surface area contributed by atoms with Gasteiger partial charge in [0.15, 0.2) is 0 Å². The van der Waals surface area contributed by atoms with Crippen LogP contribution in [0, 0.1) is 0 Å². The van der Waals surface area contributed by atoms with Crippen molar-refractivity contribution in [3.8, 4) is 5.75 Å². The monoisotopic (exact) mass is 273 g/mol. The first-order valence-corrected chi connectivity index (χ1v) is 6.28. The zero-order chi connectivity index (χ0) is 14.1. The fraction of sp³-hybridized carbons (Fsp3) is 0.286. The normalized spacial score (nSPS) is 11.3. The SMILES string of the molecule is COCCn1cnc2c([nH]c3ccc(OC)cc32)c1=O. The molecule has 2 aromatic heterocycles. The van der Waals surface area contributed by atoms with E-state index in [9.17, 15) is 4.79 Å². The van der Waals surface area contributed by atoms with Crippen LogP contribution in [0.25, 0.3) is 21.9 Å². The highest BCUT2D eigenvalue weighted by atomic mass is 16.5. The Bertz CT molecular complexity index is 819. The van der Waals surface area contributed by atoms with Gasteiger partial charge in [-0.3, -0.25) is 9.36 Å². The summed E-state index contributed by atoms with van der Waals surface area (Å²) in [6.07, 6.45) is 1.55. The van der Waals surface area contributed by atoms with E-state index in [1.54, 1.807) is 25.1 Å². The van der Waals surface area contributed by atoms with Crippen LogP contribution in [0.5, 0.6) is 5.75 Å². The average molecular weight is 273 g/mol. The fourth-order valence-electron chi connectivity index (χ4n) is 2.25. The molecule has 20 heavy (non-hydrogen) atoms. The summed E-state index contributed by atoms with van der Waals surface area (Å²) >= 11 is 0. The summed E-state index contributed by atoms with van der Waals surface area (Å²) in [7, 11) is 3.22. The van der Waals surface area contributed by atoms with Gasteiger partial charge in [0.1, 0.15) is 16.8 Å². The molecule has 0 unspecified atom stereocenters. The fourth-order valence-corrected chi connectivity index (χ4v) is 2.25. The van der Waals surface area contributed by atoms with Crippen molar-refractivity contribution in [3.05, 3.63) is 34.9 Å². The van der Waals surface area contributed by atoms with E-state index in [1.165, 1.54) is 0 Å². The van der Waals surface area contributed by atoms with Gasteiger partial charge in [-0.25, -0.2) is 4.98 Å². The second-order valence-corrected chi connectivity index (χ2v) is 4.50. The third-order valence-electron chi connectivity index (χ3n) is 3.32. The quantitative estimate of drug-likeness (QED) is 0.782. The lowest BCUT2D eigenvalue weighted by Crippen LogP contribution is -2.22. The van der Waals surface area contributed by atoms with Crippen LogP contribution in [0.15, 0.2) is 29.3 Å².